The fourth-order valence-electron chi connectivity index (χ4n) is 3.35. The lowest BCUT2D eigenvalue weighted by atomic mass is 9.94. The number of nitrogens with zero attached hydrogens (tertiary/aromatic N) is 1. The van der Waals surface area contributed by atoms with Gasteiger partial charge in [-0.25, -0.2) is 0 Å². The number of hydrogen-bond donors (Lipinski definition) is 2. The number of non-ortho nitro benzene ring substituents is 1. The minimum atomic E-state index is -0.448. The molecule has 0 unspecified atom stereocenters. The molecule has 0 saturated heterocycles. The average Bonchev–Trinajstić information content (AvgIpc) is 2.64. The minimum Gasteiger partial charge on any atom is -0.383 e. The Labute approximate surface area is 170 Å². The Bertz CT molecular complexity index is 868. The highest BCUT2D eigenvalue weighted by Gasteiger charge is 2.13. The fraction of sp³-hybridized carbons (Fsp3) is 0.364. The molecule has 29 heavy (non-hydrogen) atoms. The molecule has 154 valence electrons. The van der Waals surface area contributed by atoms with Crippen LogP contribution in [0.1, 0.15) is 46.3 Å². The van der Waals surface area contributed by atoms with Crippen LogP contribution in [0, 0.1) is 30.9 Å². The van der Waals surface area contributed by atoms with Crippen LogP contribution in [0.15, 0.2) is 36.4 Å². The van der Waals surface area contributed by atoms with Gasteiger partial charge in [0.1, 0.15) is 0 Å². The molecule has 2 N–H and O–H groups in total. The van der Waals surface area contributed by atoms with Gasteiger partial charge in [0.2, 0.25) is 5.91 Å². The number of Topliss-reactive ketones (excluding diaryl/α,β-unsaturated/α-hetero) is 1. The Hall–Kier alpha value is -3.22. The number of rotatable bonds is 10. The number of anilines is 1. The summed E-state index contributed by atoms with van der Waals surface area (Å²) in [5, 5.41) is 16.5. The van der Waals surface area contributed by atoms with Crippen LogP contribution in [0.2, 0.25) is 0 Å². The van der Waals surface area contributed by atoms with E-state index in [0.717, 1.165) is 27.9 Å². The molecule has 0 saturated carbocycles. The summed E-state index contributed by atoms with van der Waals surface area (Å²) >= 11 is 0. The molecule has 7 nitrogen and oxygen atoms in total. The van der Waals surface area contributed by atoms with Gasteiger partial charge in [-0.2, -0.15) is 0 Å². The maximum Gasteiger partial charge on any atom is 0.269 e. The molecule has 2 rings (SSSR count). The molecule has 7 heteroatoms. The van der Waals surface area contributed by atoms with Gasteiger partial charge in [-0.05, 0) is 50.5 Å². The van der Waals surface area contributed by atoms with E-state index in [4.69, 9.17) is 0 Å². The topological polar surface area (TPSA) is 101 Å². The van der Waals surface area contributed by atoms with Crippen LogP contribution in [0.3, 0.4) is 0 Å². The van der Waals surface area contributed by atoms with Crippen molar-refractivity contribution in [1.29, 1.82) is 0 Å². The second-order valence-electron chi connectivity index (χ2n) is 7.13. The lowest BCUT2D eigenvalue weighted by Crippen LogP contribution is -2.28. The molecule has 0 bridgehead atoms. The third-order valence-corrected chi connectivity index (χ3v) is 4.62. The lowest BCUT2D eigenvalue weighted by Gasteiger charge is -2.10. The summed E-state index contributed by atoms with van der Waals surface area (Å²) in [5.41, 5.74) is 4.65. The predicted molar refractivity (Wildman–Crippen MR) is 113 cm³/mol. The SMILES string of the molecule is Cc1cc(C)c(C(=O)CCCC(=O)NCCNc2ccc([N+](=O)[O-])cc2)c(C)c1. The zero-order valence-electron chi connectivity index (χ0n) is 17.1. The summed E-state index contributed by atoms with van der Waals surface area (Å²) in [6.07, 6.45) is 1.15. The van der Waals surface area contributed by atoms with Gasteiger partial charge in [0.05, 0.1) is 4.92 Å². The van der Waals surface area contributed by atoms with E-state index in [1.807, 2.05) is 32.9 Å². The van der Waals surface area contributed by atoms with Gasteiger partial charge >= 0.3 is 0 Å². The Kier molecular flexibility index (Phi) is 7.88. The zero-order chi connectivity index (χ0) is 21.4. The van der Waals surface area contributed by atoms with Crippen molar-refractivity contribution in [3.63, 3.8) is 0 Å². The second kappa shape index (κ2) is 10.4. The summed E-state index contributed by atoms with van der Waals surface area (Å²) in [7, 11) is 0. The molecular weight excluding hydrogens is 370 g/mol. The summed E-state index contributed by atoms with van der Waals surface area (Å²) < 4.78 is 0. The normalized spacial score (nSPS) is 10.4. The summed E-state index contributed by atoms with van der Waals surface area (Å²) in [6.45, 7) is 6.83. The molecule has 0 radical (unpaired) electrons. The number of nitro benzene ring substituents is 1. The van der Waals surface area contributed by atoms with Crippen LogP contribution >= 0.6 is 0 Å². The van der Waals surface area contributed by atoms with Crippen LogP contribution < -0.4 is 10.6 Å². The van der Waals surface area contributed by atoms with Crippen molar-refractivity contribution < 1.29 is 14.5 Å². The molecule has 0 fully saturated rings. The first-order valence-corrected chi connectivity index (χ1v) is 9.64. The summed E-state index contributed by atoms with van der Waals surface area (Å²) in [6, 6.07) is 10.1. The molecule has 0 aromatic heterocycles. The van der Waals surface area contributed by atoms with Crippen LogP contribution in [-0.2, 0) is 4.79 Å². The van der Waals surface area contributed by atoms with Gasteiger partial charge in [-0.3, -0.25) is 19.7 Å². The molecule has 0 spiro atoms. The number of aryl methyl sites for hydroxylation is 3. The molecule has 2 aromatic rings. The Morgan fingerprint density at radius 2 is 1.59 bits per heavy atom. The van der Waals surface area contributed by atoms with Gasteiger partial charge in [0, 0.05) is 49.3 Å². The van der Waals surface area contributed by atoms with E-state index in [-0.39, 0.29) is 17.4 Å². The highest BCUT2D eigenvalue weighted by Crippen LogP contribution is 2.19. The number of nitro groups is 1. The molecule has 0 heterocycles. The molecule has 0 aliphatic carbocycles. The highest BCUT2D eigenvalue weighted by atomic mass is 16.6. The number of carbonyl (C=O) groups is 2. The summed E-state index contributed by atoms with van der Waals surface area (Å²) in [4.78, 5) is 34.6. The molecule has 0 aliphatic rings. The fourth-order valence-corrected chi connectivity index (χ4v) is 3.35. The lowest BCUT2D eigenvalue weighted by molar-refractivity contribution is -0.384. The first-order chi connectivity index (χ1) is 13.8. The minimum absolute atomic E-state index is 0.0365. The third-order valence-electron chi connectivity index (χ3n) is 4.62. The van der Waals surface area contributed by atoms with Crippen molar-refractivity contribution in [3.8, 4) is 0 Å². The van der Waals surface area contributed by atoms with Crippen molar-refractivity contribution >= 4 is 23.1 Å². The number of amides is 1. The molecule has 0 aliphatic heterocycles. The van der Waals surface area contributed by atoms with Crippen LogP contribution in [0.5, 0.6) is 0 Å². The van der Waals surface area contributed by atoms with Crippen molar-refractivity contribution in [2.75, 3.05) is 18.4 Å². The molecule has 2 aromatic carbocycles. The first-order valence-electron chi connectivity index (χ1n) is 9.64. The Morgan fingerprint density at radius 3 is 2.17 bits per heavy atom. The quantitative estimate of drug-likeness (QED) is 0.272. The maximum absolute atomic E-state index is 12.5. The maximum atomic E-state index is 12.5. The smallest absolute Gasteiger partial charge is 0.269 e. The monoisotopic (exact) mass is 397 g/mol. The van der Waals surface area contributed by atoms with Gasteiger partial charge < -0.3 is 10.6 Å². The zero-order valence-corrected chi connectivity index (χ0v) is 17.1. The Balaban J connectivity index is 1.67. The van der Waals surface area contributed by atoms with Crippen molar-refractivity contribution in [3.05, 3.63) is 68.8 Å². The van der Waals surface area contributed by atoms with E-state index < -0.39 is 4.92 Å². The van der Waals surface area contributed by atoms with Crippen molar-refractivity contribution in [1.82, 2.24) is 5.32 Å². The predicted octanol–water partition coefficient (Wildman–Crippen LogP) is 4.10. The first kappa shape index (κ1) is 22.1. The number of hydrogen-bond acceptors (Lipinski definition) is 5. The standard InChI is InChI=1S/C22H27N3O4/c1-15-13-16(2)22(17(3)14-15)20(26)5-4-6-21(27)24-12-11-23-18-7-9-19(10-8-18)25(28)29/h7-10,13-14,23H,4-6,11-12H2,1-3H3,(H,24,27). The number of benzene rings is 2. The molecule has 0 atom stereocenters. The average molecular weight is 397 g/mol. The molecular formula is C22H27N3O4. The van der Waals surface area contributed by atoms with E-state index in [9.17, 15) is 19.7 Å². The van der Waals surface area contributed by atoms with Crippen molar-refractivity contribution in [2.24, 2.45) is 0 Å². The van der Waals surface area contributed by atoms with Crippen LogP contribution in [0.25, 0.3) is 0 Å². The van der Waals surface area contributed by atoms with E-state index >= 15 is 0 Å². The largest absolute Gasteiger partial charge is 0.383 e. The third kappa shape index (κ3) is 6.71. The van der Waals surface area contributed by atoms with Gasteiger partial charge in [-0.1, -0.05) is 17.7 Å². The number of nitrogens with one attached hydrogen (secondary N) is 2. The second-order valence-corrected chi connectivity index (χ2v) is 7.13. The van der Waals surface area contributed by atoms with Crippen molar-refractivity contribution in [2.45, 2.75) is 40.0 Å². The van der Waals surface area contributed by atoms with E-state index in [2.05, 4.69) is 10.6 Å². The number of carbonyl (C=O) groups excluding carboxylic acids is 2. The van der Waals surface area contributed by atoms with Crippen LogP contribution in [0.4, 0.5) is 11.4 Å². The number of ketones is 1. The van der Waals surface area contributed by atoms with Crippen LogP contribution in [-0.4, -0.2) is 29.7 Å². The van der Waals surface area contributed by atoms with E-state index in [1.54, 1.807) is 12.1 Å². The van der Waals surface area contributed by atoms with Gasteiger partial charge in [-0.15, -0.1) is 0 Å². The highest BCUT2D eigenvalue weighted by molar-refractivity contribution is 5.99. The molecule has 1 amide bonds. The van der Waals surface area contributed by atoms with Gasteiger partial charge in [0.15, 0.2) is 5.78 Å². The van der Waals surface area contributed by atoms with E-state index in [0.29, 0.717) is 32.4 Å². The Morgan fingerprint density at radius 1 is 0.966 bits per heavy atom. The summed E-state index contributed by atoms with van der Waals surface area (Å²) in [5.74, 6) is -0.0201. The van der Waals surface area contributed by atoms with E-state index in [1.165, 1.54) is 12.1 Å². The van der Waals surface area contributed by atoms with Gasteiger partial charge in [0.25, 0.3) is 5.69 Å².